The Hall–Kier alpha value is -1.32. The molecule has 0 aliphatic carbocycles. The van der Waals surface area contributed by atoms with Gasteiger partial charge in [-0.15, -0.1) is 0 Å². The van der Waals surface area contributed by atoms with Gasteiger partial charge in [-0.1, -0.05) is 13.8 Å². The summed E-state index contributed by atoms with van der Waals surface area (Å²) in [7, 11) is 0. The Morgan fingerprint density at radius 2 is 0.821 bits per heavy atom. The van der Waals surface area contributed by atoms with Gasteiger partial charge >= 0.3 is 121 Å². The van der Waals surface area contributed by atoms with E-state index in [0.717, 1.165) is 0 Å². The van der Waals surface area contributed by atoms with Crippen molar-refractivity contribution in [3.8, 4) is 0 Å². The van der Waals surface area contributed by atoms with Gasteiger partial charge in [0, 0.05) is 23.9 Å². The summed E-state index contributed by atoms with van der Waals surface area (Å²) in [5.41, 5.74) is 0. The number of aliphatic carboxylic acids is 4. The fourth-order valence-electron chi connectivity index (χ4n) is 3.53. The first kappa shape index (κ1) is 42.2. The predicted molar refractivity (Wildman–Crippen MR) is 148 cm³/mol. The Bertz CT molecular complexity index is 548. The molecule has 9 heteroatoms. The minimum atomic E-state index is -1.14. The van der Waals surface area contributed by atoms with Gasteiger partial charge < -0.3 is 39.6 Å². The number of rotatable bonds is 24. The first-order valence-corrected chi connectivity index (χ1v) is 19.0. The SMILES string of the molecule is CC(CCCC(=O)[O-])C(=O)[O-].CC(CCCC(=O)[O-])C(=O)[O-].CCCCCCC[CH2][Sn+4][CH2]CCCCCCC. The van der Waals surface area contributed by atoms with Crippen LogP contribution in [0.15, 0.2) is 0 Å². The molecule has 39 heavy (non-hydrogen) atoms. The van der Waals surface area contributed by atoms with Crippen molar-refractivity contribution in [2.75, 3.05) is 0 Å². The molecule has 0 aromatic carbocycles. The van der Waals surface area contributed by atoms with Crippen LogP contribution in [-0.4, -0.2) is 45.0 Å². The fourth-order valence-corrected chi connectivity index (χ4v) is 7.09. The number of hydrogen-bond donors (Lipinski definition) is 0. The number of carbonyl (C=O) groups is 4. The molecule has 0 aliphatic rings. The zero-order valence-corrected chi connectivity index (χ0v) is 27.9. The van der Waals surface area contributed by atoms with E-state index in [-0.39, 0.29) is 34.0 Å². The monoisotopic (exact) mass is 662 g/mol. The van der Waals surface area contributed by atoms with Crippen LogP contribution in [0.2, 0.25) is 8.87 Å². The zero-order valence-electron chi connectivity index (χ0n) is 25.1. The first-order valence-electron chi connectivity index (χ1n) is 15.0. The number of hydrogen-bond acceptors (Lipinski definition) is 8. The Morgan fingerprint density at radius 1 is 0.513 bits per heavy atom. The van der Waals surface area contributed by atoms with Gasteiger partial charge in [-0.05, 0) is 50.4 Å². The van der Waals surface area contributed by atoms with Gasteiger partial charge in [0.05, 0.1) is 0 Å². The third kappa shape index (κ3) is 41.3. The van der Waals surface area contributed by atoms with E-state index >= 15 is 0 Å². The second kappa shape index (κ2) is 32.9. The Balaban J connectivity index is -0.000000519. The van der Waals surface area contributed by atoms with Gasteiger partial charge in [-0.3, -0.25) is 0 Å². The van der Waals surface area contributed by atoms with E-state index in [0.29, 0.717) is 25.7 Å². The van der Waals surface area contributed by atoms with E-state index in [2.05, 4.69) is 13.8 Å². The molecule has 0 saturated heterocycles. The van der Waals surface area contributed by atoms with Crippen LogP contribution < -0.4 is 20.4 Å². The van der Waals surface area contributed by atoms with Gasteiger partial charge in [0.25, 0.3) is 0 Å². The predicted octanol–water partition coefficient (Wildman–Crippen LogP) is 2.83. The maximum absolute atomic E-state index is 10.1. The molecular formula is C30H54O8Sn. The van der Waals surface area contributed by atoms with Gasteiger partial charge in [-0.25, -0.2) is 0 Å². The van der Waals surface area contributed by atoms with Crippen LogP contribution in [0, 0.1) is 11.8 Å². The van der Waals surface area contributed by atoms with Crippen LogP contribution in [0.25, 0.3) is 0 Å². The van der Waals surface area contributed by atoms with Crippen molar-refractivity contribution in [1.82, 2.24) is 0 Å². The number of unbranched alkanes of at least 4 members (excludes halogenated alkanes) is 10. The molecule has 6 radical (unpaired) electrons. The second-order valence-electron chi connectivity index (χ2n) is 10.3. The quantitative estimate of drug-likeness (QED) is 0.113. The van der Waals surface area contributed by atoms with Crippen LogP contribution in [0.1, 0.15) is 143 Å². The molecule has 0 N–H and O–H groups in total. The average molecular weight is 661 g/mol. The number of carboxylic acids is 4. The molecule has 0 aromatic heterocycles. The molecule has 0 aliphatic heterocycles. The second-order valence-corrected chi connectivity index (χ2v) is 14.5. The van der Waals surface area contributed by atoms with Crippen molar-refractivity contribution in [3.63, 3.8) is 0 Å². The summed E-state index contributed by atoms with van der Waals surface area (Å²) < 4.78 is 3.31. The summed E-state index contributed by atoms with van der Waals surface area (Å²) in [6, 6.07) is 0. The van der Waals surface area contributed by atoms with E-state index in [9.17, 15) is 39.6 Å². The minimum absolute atomic E-state index is 0.0736. The third-order valence-corrected chi connectivity index (χ3v) is 10.3. The van der Waals surface area contributed by atoms with Crippen LogP contribution in [0.4, 0.5) is 0 Å². The van der Waals surface area contributed by atoms with Crippen molar-refractivity contribution < 1.29 is 39.6 Å². The van der Waals surface area contributed by atoms with E-state index in [1.807, 2.05) is 0 Å². The molecule has 0 amide bonds. The van der Waals surface area contributed by atoms with E-state index in [1.165, 1.54) is 78.1 Å². The van der Waals surface area contributed by atoms with Crippen molar-refractivity contribution in [1.29, 1.82) is 0 Å². The molecule has 2 atom stereocenters. The third-order valence-electron chi connectivity index (χ3n) is 6.26. The summed E-state index contributed by atoms with van der Waals surface area (Å²) in [6.45, 7) is 7.58. The first-order chi connectivity index (χ1) is 18.5. The van der Waals surface area contributed by atoms with Crippen molar-refractivity contribution in [3.05, 3.63) is 0 Å². The fraction of sp³-hybridized carbons (Fsp3) is 0.867. The molecule has 0 aromatic rings. The van der Waals surface area contributed by atoms with Crippen LogP contribution in [0.5, 0.6) is 0 Å². The van der Waals surface area contributed by atoms with Crippen LogP contribution in [-0.2, 0) is 19.2 Å². The Kier molecular flexibility index (Phi) is 35.5. The normalized spacial score (nSPS) is 11.8. The van der Waals surface area contributed by atoms with Crippen LogP contribution in [0.3, 0.4) is 0 Å². The van der Waals surface area contributed by atoms with Crippen molar-refractivity contribution >= 4 is 45.0 Å². The molecule has 0 bridgehead atoms. The van der Waals surface area contributed by atoms with Gasteiger partial charge in [0.2, 0.25) is 0 Å². The zero-order chi connectivity index (χ0) is 30.3. The molecule has 226 valence electrons. The molecule has 0 saturated carbocycles. The summed E-state index contributed by atoms with van der Waals surface area (Å²) in [6.07, 6.45) is 19.0. The standard InChI is InChI=1S/2C8H17.2C7H12O4.Sn/c2*1-3-5-7-8-6-4-2;2*1-5(7(10)11)3-2-4-6(8)9;/h2*1,3-8H2,2H3;2*5H,2-4H2,1H3,(H,8,9)(H,10,11);/q;;;;+4/p-4. The average Bonchev–Trinajstić information content (AvgIpc) is 2.87. The maximum atomic E-state index is 10.1. The summed E-state index contributed by atoms with van der Waals surface area (Å²) in [5.74, 6) is -5.71. The van der Waals surface area contributed by atoms with E-state index in [1.54, 1.807) is 21.7 Å². The summed E-state index contributed by atoms with van der Waals surface area (Å²) in [4.78, 5) is 40.0. The summed E-state index contributed by atoms with van der Waals surface area (Å²) in [5, 5.41) is 40.0. The molecular weight excluding hydrogens is 607 g/mol. The van der Waals surface area contributed by atoms with E-state index < -0.39 is 35.7 Å². The molecule has 2 unspecified atom stereocenters. The van der Waals surface area contributed by atoms with E-state index in [4.69, 9.17) is 0 Å². The molecule has 0 spiro atoms. The Labute approximate surface area is 248 Å². The summed E-state index contributed by atoms with van der Waals surface area (Å²) >= 11 is 0.0736. The Morgan fingerprint density at radius 3 is 1.10 bits per heavy atom. The molecule has 0 rings (SSSR count). The van der Waals surface area contributed by atoms with Crippen LogP contribution >= 0.6 is 0 Å². The number of carbonyl (C=O) groups excluding carboxylic acids is 4. The molecule has 8 nitrogen and oxygen atoms in total. The molecule has 0 fully saturated rings. The van der Waals surface area contributed by atoms with Crippen molar-refractivity contribution in [2.24, 2.45) is 11.8 Å². The molecule has 0 heterocycles. The topological polar surface area (TPSA) is 161 Å². The number of carboxylic acid groups (broad SMARTS) is 4. The van der Waals surface area contributed by atoms with Gasteiger partial charge in [0.15, 0.2) is 0 Å². The van der Waals surface area contributed by atoms with Gasteiger partial charge in [-0.2, -0.15) is 0 Å². The van der Waals surface area contributed by atoms with Crippen molar-refractivity contribution in [2.45, 2.75) is 152 Å². The van der Waals surface area contributed by atoms with Gasteiger partial charge in [0.1, 0.15) is 0 Å².